The Morgan fingerprint density at radius 2 is 1.83 bits per heavy atom. The summed E-state index contributed by atoms with van der Waals surface area (Å²) in [5.41, 5.74) is 3.74. The second-order valence-corrected chi connectivity index (χ2v) is 12.9. The first-order valence-corrected chi connectivity index (χ1v) is 14.0. The molecule has 8 nitrogen and oxygen atoms in total. The fourth-order valence-corrected chi connectivity index (χ4v) is 3.05. The molecule has 0 fully saturated rings. The third-order valence-electron chi connectivity index (χ3n) is 4.10. The second-order valence-electron chi connectivity index (χ2n) is 8.13. The molecule has 12 heteroatoms. The maximum Gasteiger partial charge on any atom is 0.277 e. The number of carbonyl (C=O) groups is 1. The van der Waals surface area contributed by atoms with Gasteiger partial charge in [0.2, 0.25) is 0 Å². The van der Waals surface area contributed by atoms with Gasteiger partial charge in [-0.05, 0) is 24.3 Å². The molecule has 0 saturated heterocycles. The van der Waals surface area contributed by atoms with Crippen molar-refractivity contribution in [3.05, 3.63) is 58.4 Å². The lowest BCUT2D eigenvalue weighted by atomic mass is 10.1. The zero-order chi connectivity index (χ0) is 26.0. The number of nitrogens with zero attached hydrogens (tertiary/aromatic N) is 1. The van der Waals surface area contributed by atoms with Gasteiger partial charge < -0.3 is 20.4 Å². The number of nitrogens with one attached hydrogen (secondary N) is 2. The summed E-state index contributed by atoms with van der Waals surface area (Å²) in [5, 5.41) is 23.3. The molecule has 0 unspecified atom stereocenters. The van der Waals surface area contributed by atoms with Gasteiger partial charge in [0.15, 0.2) is 11.6 Å². The van der Waals surface area contributed by atoms with Crippen LogP contribution in [0.5, 0.6) is 0 Å². The van der Waals surface area contributed by atoms with E-state index in [1.54, 1.807) is 0 Å². The molecule has 0 atom stereocenters. The standard InChI is InChI=1S/C23H26F3N3O5Si/c1-35(2,3)11-6-15-4-5-19(18(24)12-15)28-22-17(23(32)29-34-10-8-31)13-16(20(25)21(22)26)14-27-33-9-7-30/h4-5,12-14,28,30-31H,7-10H2,1-3H3,(H,29,32)/b27-14-. The number of carbonyl (C=O) groups excluding carboxylic acids is 1. The van der Waals surface area contributed by atoms with E-state index in [0.29, 0.717) is 5.56 Å². The third-order valence-corrected chi connectivity index (χ3v) is 4.97. The number of rotatable bonds is 10. The smallest absolute Gasteiger partial charge is 0.277 e. The van der Waals surface area contributed by atoms with E-state index in [1.165, 1.54) is 12.1 Å². The number of anilines is 2. The van der Waals surface area contributed by atoms with Gasteiger partial charge in [-0.1, -0.05) is 30.7 Å². The largest absolute Gasteiger partial charge is 0.394 e. The molecule has 35 heavy (non-hydrogen) atoms. The molecular weight excluding hydrogens is 483 g/mol. The van der Waals surface area contributed by atoms with E-state index in [0.717, 1.165) is 18.3 Å². The van der Waals surface area contributed by atoms with Crippen molar-refractivity contribution < 1.29 is 37.9 Å². The maximum absolute atomic E-state index is 15.0. The van der Waals surface area contributed by atoms with Gasteiger partial charge in [0.1, 0.15) is 20.5 Å². The summed E-state index contributed by atoms with van der Waals surface area (Å²) in [6, 6.07) is 4.91. The molecule has 2 aromatic carbocycles. The van der Waals surface area contributed by atoms with Crippen LogP contribution < -0.4 is 10.8 Å². The molecule has 0 bridgehead atoms. The minimum Gasteiger partial charge on any atom is -0.394 e. The predicted molar refractivity (Wildman–Crippen MR) is 127 cm³/mol. The van der Waals surface area contributed by atoms with Crippen LogP contribution in [-0.2, 0) is 9.68 Å². The van der Waals surface area contributed by atoms with Crippen molar-refractivity contribution in [3.63, 3.8) is 0 Å². The van der Waals surface area contributed by atoms with Crippen LogP contribution in [-0.4, -0.2) is 56.8 Å². The first kappa shape index (κ1) is 27.9. The zero-order valence-corrected chi connectivity index (χ0v) is 20.4. The molecule has 1 amide bonds. The van der Waals surface area contributed by atoms with Crippen LogP contribution in [0, 0.1) is 28.9 Å². The Morgan fingerprint density at radius 3 is 2.46 bits per heavy atom. The average Bonchev–Trinajstić information content (AvgIpc) is 2.80. The van der Waals surface area contributed by atoms with Crippen molar-refractivity contribution in [2.24, 2.45) is 5.16 Å². The Labute approximate surface area is 201 Å². The molecule has 0 aliphatic carbocycles. The number of hydrogen-bond acceptors (Lipinski definition) is 7. The molecular formula is C23H26F3N3O5Si. The number of benzene rings is 2. The van der Waals surface area contributed by atoms with E-state index < -0.39 is 54.9 Å². The Hall–Kier alpha value is -3.37. The Morgan fingerprint density at radius 1 is 1.11 bits per heavy atom. The first-order chi connectivity index (χ1) is 16.6. The van der Waals surface area contributed by atoms with Gasteiger partial charge in [-0.25, -0.2) is 18.7 Å². The summed E-state index contributed by atoms with van der Waals surface area (Å²) in [6.07, 6.45) is 0.815. The van der Waals surface area contributed by atoms with Crippen molar-refractivity contribution >= 4 is 31.6 Å². The van der Waals surface area contributed by atoms with E-state index >= 15 is 4.39 Å². The molecule has 0 aliphatic rings. The van der Waals surface area contributed by atoms with Gasteiger partial charge in [-0.15, -0.1) is 5.54 Å². The minimum absolute atomic E-state index is 0.180. The van der Waals surface area contributed by atoms with Gasteiger partial charge in [0.25, 0.3) is 5.91 Å². The van der Waals surface area contributed by atoms with Crippen molar-refractivity contribution in [3.8, 4) is 11.5 Å². The Balaban J connectivity index is 2.47. The number of aliphatic hydroxyl groups excluding tert-OH is 2. The van der Waals surface area contributed by atoms with E-state index in [1.807, 2.05) is 25.1 Å². The normalized spacial score (nSPS) is 11.2. The lowest BCUT2D eigenvalue weighted by Crippen LogP contribution is -2.26. The van der Waals surface area contributed by atoms with Crippen LogP contribution in [0.2, 0.25) is 19.6 Å². The molecule has 0 aliphatic heterocycles. The number of hydroxylamine groups is 1. The van der Waals surface area contributed by atoms with E-state index in [2.05, 4.69) is 26.8 Å². The van der Waals surface area contributed by atoms with Gasteiger partial charge in [0, 0.05) is 11.1 Å². The van der Waals surface area contributed by atoms with E-state index in [4.69, 9.17) is 15.1 Å². The Kier molecular flexibility index (Phi) is 10.3. The van der Waals surface area contributed by atoms with Crippen LogP contribution in [0.1, 0.15) is 21.5 Å². The number of aliphatic hydroxyl groups is 2. The van der Waals surface area contributed by atoms with Crippen LogP contribution >= 0.6 is 0 Å². The lowest BCUT2D eigenvalue weighted by molar-refractivity contribution is 0.0168. The van der Waals surface area contributed by atoms with Gasteiger partial charge in [-0.2, -0.15) is 0 Å². The SMILES string of the molecule is C[Si](C)(C)C#Cc1ccc(Nc2c(C(=O)NOCCO)cc(/C=N\OCCO)c(F)c2F)c(F)c1. The summed E-state index contributed by atoms with van der Waals surface area (Å²) in [5.74, 6) is -1.75. The molecule has 0 radical (unpaired) electrons. The highest BCUT2D eigenvalue weighted by Crippen LogP contribution is 2.30. The first-order valence-electron chi connectivity index (χ1n) is 10.5. The van der Waals surface area contributed by atoms with Crippen molar-refractivity contribution in [1.29, 1.82) is 0 Å². The predicted octanol–water partition coefficient (Wildman–Crippen LogP) is 3.07. The van der Waals surface area contributed by atoms with Crippen molar-refractivity contribution in [2.75, 3.05) is 31.7 Å². The summed E-state index contributed by atoms with van der Waals surface area (Å²) >= 11 is 0. The molecule has 0 saturated carbocycles. The highest BCUT2D eigenvalue weighted by Gasteiger charge is 2.23. The molecule has 4 N–H and O–H groups in total. The fourth-order valence-electron chi connectivity index (χ4n) is 2.53. The molecule has 188 valence electrons. The Bertz CT molecular complexity index is 1140. The second kappa shape index (κ2) is 12.9. The van der Waals surface area contributed by atoms with Gasteiger partial charge >= 0.3 is 0 Å². The fraction of sp³-hybridized carbons (Fsp3) is 0.304. The number of hydrogen-bond donors (Lipinski definition) is 4. The third kappa shape index (κ3) is 8.41. The summed E-state index contributed by atoms with van der Waals surface area (Å²) in [4.78, 5) is 22.0. The highest BCUT2D eigenvalue weighted by molar-refractivity contribution is 6.83. The van der Waals surface area contributed by atoms with Gasteiger partial charge in [-0.3, -0.25) is 9.63 Å². The summed E-state index contributed by atoms with van der Waals surface area (Å²) < 4.78 is 44.4. The van der Waals surface area contributed by atoms with Crippen LogP contribution in [0.4, 0.5) is 24.5 Å². The molecule has 0 heterocycles. The zero-order valence-electron chi connectivity index (χ0n) is 19.4. The monoisotopic (exact) mass is 509 g/mol. The number of amides is 1. The minimum atomic E-state index is -1.69. The topological polar surface area (TPSA) is 112 Å². The summed E-state index contributed by atoms with van der Waals surface area (Å²) in [7, 11) is -1.69. The van der Waals surface area contributed by atoms with Crippen molar-refractivity contribution in [2.45, 2.75) is 19.6 Å². The summed E-state index contributed by atoms with van der Waals surface area (Å²) in [6.45, 7) is 4.92. The van der Waals surface area contributed by atoms with Crippen LogP contribution in [0.15, 0.2) is 29.4 Å². The number of oxime groups is 1. The lowest BCUT2D eigenvalue weighted by Gasteiger charge is -2.15. The van der Waals surface area contributed by atoms with Crippen LogP contribution in [0.25, 0.3) is 0 Å². The number of halogens is 3. The van der Waals surface area contributed by atoms with Gasteiger partial charge in [0.05, 0.1) is 43.0 Å². The molecule has 2 aromatic rings. The van der Waals surface area contributed by atoms with E-state index in [-0.39, 0.29) is 25.5 Å². The van der Waals surface area contributed by atoms with Crippen LogP contribution in [0.3, 0.4) is 0 Å². The quantitative estimate of drug-likeness (QED) is 0.129. The molecule has 0 spiro atoms. The van der Waals surface area contributed by atoms with Crippen molar-refractivity contribution in [1.82, 2.24) is 5.48 Å². The molecule has 2 rings (SSSR count). The van der Waals surface area contributed by atoms with E-state index in [9.17, 15) is 13.6 Å². The highest BCUT2D eigenvalue weighted by atomic mass is 28.3. The average molecular weight is 510 g/mol. The molecule has 0 aromatic heterocycles. The maximum atomic E-state index is 15.0.